The van der Waals surface area contributed by atoms with Gasteiger partial charge in [0.15, 0.2) is 18.3 Å². The van der Waals surface area contributed by atoms with Gasteiger partial charge in [-0.25, -0.2) is 4.98 Å². The quantitative estimate of drug-likeness (QED) is 0.359. The molecule has 208 valence electrons. The molecule has 0 saturated carbocycles. The molecule has 3 aliphatic heterocycles. The molecule has 0 radical (unpaired) electrons. The van der Waals surface area contributed by atoms with Gasteiger partial charge in [0.05, 0.1) is 0 Å². The lowest BCUT2D eigenvalue weighted by Crippen LogP contribution is -2.52. The van der Waals surface area contributed by atoms with Crippen LogP contribution in [0.3, 0.4) is 0 Å². The van der Waals surface area contributed by atoms with E-state index in [1.165, 1.54) is 0 Å². The monoisotopic (exact) mass is 544 g/mol. The van der Waals surface area contributed by atoms with Crippen LogP contribution in [0.15, 0.2) is 46.9 Å². The molecule has 4 bridgehead atoms. The summed E-state index contributed by atoms with van der Waals surface area (Å²) < 4.78 is 12.9. The zero-order chi connectivity index (χ0) is 28.3. The predicted molar refractivity (Wildman–Crippen MR) is 145 cm³/mol. The van der Waals surface area contributed by atoms with Crippen molar-refractivity contribution >= 4 is 23.8 Å². The van der Waals surface area contributed by atoms with Gasteiger partial charge in [0.2, 0.25) is 17.7 Å². The summed E-state index contributed by atoms with van der Waals surface area (Å²) in [6.07, 6.45) is -1.02. The maximum absolute atomic E-state index is 13.6. The van der Waals surface area contributed by atoms with Crippen molar-refractivity contribution in [3.8, 4) is 5.75 Å². The van der Waals surface area contributed by atoms with Gasteiger partial charge < -0.3 is 30.2 Å². The fourth-order valence-electron chi connectivity index (χ4n) is 5.97. The number of para-hydroxylation sites is 1. The Bertz CT molecular complexity index is 1510. The molecule has 4 N–H and O–H groups in total. The van der Waals surface area contributed by atoms with Crippen molar-refractivity contribution in [3.05, 3.63) is 76.5 Å². The van der Waals surface area contributed by atoms with Crippen LogP contribution in [0.25, 0.3) is 0 Å². The Morgan fingerprint density at radius 2 is 1.93 bits per heavy atom. The molecule has 10 heteroatoms. The number of aromatic nitrogens is 1. The van der Waals surface area contributed by atoms with Crippen LogP contribution in [0.2, 0.25) is 0 Å². The number of carbonyl (C=O) groups is 3. The summed E-state index contributed by atoms with van der Waals surface area (Å²) >= 11 is 0. The Hall–Kier alpha value is -4.18. The Morgan fingerprint density at radius 3 is 2.65 bits per heavy atom. The molecule has 1 aromatic heterocycles. The number of aldehydes is 1. The van der Waals surface area contributed by atoms with Crippen molar-refractivity contribution in [1.82, 2.24) is 15.6 Å². The molecule has 2 aromatic carbocycles. The molecule has 1 unspecified atom stereocenters. The average Bonchev–Trinajstić information content (AvgIpc) is 3.58. The molecular weight excluding hydrogens is 512 g/mol. The summed E-state index contributed by atoms with van der Waals surface area (Å²) in [4.78, 5) is 43.5. The van der Waals surface area contributed by atoms with Crippen molar-refractivity contribution in [1.29, 1.82) is 0 Å². The number of rotatable bonds is 5. The lowest BCUT2D eigenvalue weighted by atomic mass is 9.72. The van der Waals surface area contributed by atoms with E-state index in [2.05, 4.69) is 20.9 Å². The molecular formula is C30H32N4O6. The van der Waals surface area contributed by atoms with E-state index < -0.39 is 41.6 Å². The topological polar surface area (TPSA) is 143 Å². The normalized spacial score (nSPS) is 25.1. The summed E-state index contributed by atoms with van der Waals surface area (Å²) in [6, 6.07) is 11.7. The fourth-order valence-corrected chi connectivity index (χ4v) is 5.97. The number of fused-ring (bicyclic) bond motifs is 4. The molecule has 3 aliphatic rings. The molecule has 5 atom stereocenters. The molecule has 4 heterocycles. The molecule has 0 saturated heterocycles. The number of amides is 2. The number of hydrogen-bond acceptors (Lipinski definition) is 8. The van der Waals surface area contributed by atoms with Crippen LogP contribution in [-0.2, 0) is 21.4 Å². The summed E-state index contributed by atoms with van der Waals surface area (Å²) in [6.45, 7) is 7.28. The van der Waals surface area contributed by atoms with Crippen LogP contribution in [0, 0.1) is 11.8 Å². The zero-order valence-electron chi connectivity index (χ0n) is 22.7. The molecule has 1 spiro atoms. The van der Waals surface area contributed by atoms with Gasteiger partial charge in [0.1, 0.15) is 35.0 Å². The molecule has 2 amide bonds. The highest BCUT2D eigenvalue weighted by molar-refractivity contribution is 5.90. The molecule has 0 fully saturated rings. The second-order valence-corrected chi connectivity index (χ2v) is 11.4. The van der Waals surface area contributed by atoms with E-state index in [4.69, 9.17) is 9.15 Å². The Labute approximate surface area is 231 Å². The van der Waals surface area contributed by atoms with Crippen molar-refractivity contribution < 1.29 is 28.6 Å². The molecule has 6 rings (SSSR count). The van der Waals surface area contributed by atoms with Crippen LogP contribution < -0.4 is 20.7 Å². The minimum Gasteiger partial charge on any atom is -0.469 e. The van der Waals surface area contributed by atoms with Gasteiger partial charge >= 0.3 is 0 Å². The maximum atomic E-state index is 13.6. The van der Waals surface area contributed by atoms with Crippen molar-refractivity contribution in [3.63, 3.8) is 0 Å². The first-order valence-electron chi connectivity index (χ1n) is 13.6. The first-order chi connectivity index (χ1) is 19.1. The summed E-state index contributed by atoms with van der Waals surface area (Å²) in [5, 5.41) is 19.5. The smallest absolute Gasteiger partial charge is 0.249 e. The van der Waals surface area contributed by atoms with E-state index in [9.17, 15) is 19.5 Å². The summed E-state index contributed by atoms with van der Waals surface area (Å²) in [5.74, 6) is -0.409. The van der Waals surface area contributed by atoms with Crippen LogP contribution in [0.5, 0.6) is 5.75 Å². The summed E-state index contributed by atoms with van der Waals surface area (Å²) in [7, 11) is 0. The summed E-state index contributed by atoms with van der Waals surface area (Å²) in [5.41, 5.74) is 2.39. The second-order valence-electron chi connectivity index (χ2n) is 11.4. The number of oxazole rings is 1. The van der Waals surface area contributed by atoms with E-state index in [1.807, 2.05) is 56.3 Å². The van der Waals surface area contributed by atoms with Crippen molar-refractivity contribution in [2.45, 2.75) is 63.9 Å². The minimum absolute atomic E-state index is 0.129. The average molecular weight is 545 g/mol. The van der Waals surface area contributed by atoms with Gasteiger partial charge in [-0.3, -0.25) is 14.4 Å². The number of aliphatic hydroxyl groups excluding tert-OH is 1. The highest BCUT2D eigenvalue weighted by Crippen LogP contribution is 2.58. The second kappa shape index (κ2) is 9.48. The van der Waals surface area contributed by atoms with E-state index in [1.54, 1.807) is 13.8 Å². The lowest BCUT2D eigenvalue weighted by Gasteiger charge is -2.29. The van der Waals surface area contributed by atoms with E-state index in [0.717, 1.165) is 22.4 Å². The minimum atomic E-state index is -1.27. The van der Waals surface area contributed by atoms with Gasteiger partial charge in [-0.2, -0.15) is 0 Å². The number of carbonyl (C=O) groups excluding carboxylic acids is 3. The number of ether oxygens (including phenoxy) is 1. The molecule has 3 aromatic rings. The van der Waals surface area contributed by atoms with Crippen LogP contribution >= 0.6 is 0 Å². The largest absolute Gasteiger partial charge is 0.469 e. The molecule has 10 nitrogen and oxygen atoms in total. The highest BCUT2D eigenvalue weighted by atomic mass is 16.5. The van der Waals surface area contributed by atoms with Gasteiger partial charge in [0, 0.05) is 17.7 Å². The number of nitrogens with one attached hydrogen (secondary N) is 3. The Morgan fingerprint density at radius 1 is 1.15 bits per heavy atom. The Balaban J connectivity index is 1.57. The van der Waals surface area contributed by atoms with Crippen LogP contribution in [0.1, 0.15) is 72.6 Å². The number of benzene rings is 2. The van der Waals surface area contributed by atoms with Gasteiger partial charge in [-0.1, -0.05) is 58.0 Å². The molecule has 40 heavy (non-hydrogen) atoms. The van der Waals surface area contributed by atoms with Crippen molar-refractivity contribution in [2.75, 3.05) is 5.32 Å². The third-order valence-corrected chi connectivity index (χ3v) is 8.09. The van der Waals surface area contributed by atoms with Crippen molar-refractivity contribution in [2.24, 2.45) is 11.8 Å². The third kappa shape index (κ3) is 3.81. The van der Waals surface area contributed by atoms with E-state index in [0.29, 0.717) is 17.8 Å². The number of anilines is 1. The molecule has 0 aliphatic carbocycles. The maximum Gasteiger partial charge on any atom is 0.249 e. The SMILES string of the molecule is CC(C)[C@H](O)C(=O)N[C@H]1Cc2ccc3c(c2)[C@@]2(c4ccccc4NC2O3)c2oc(nc2C=O)[C@H](C(C)C)NC1=O. The van der Waals surface area contributed by atoms with Gasteiger partial charge in [0.25, 0.3) is 0 Å². The highest BCUT2D eigenvalue weighted by Gasteiger charge is 2.60. The number of nitrogens with zero attached hydrogens (tertiary/aromatic N) is 1. The van der Waals surface area contributed by atoms with Crippen LogP contribution in [0.4, 0.5) is 5.69 Å². The van der Waals surface area contributed by atoms with Gasteiger partial charge in [-0.15, -0.1) is 0 Å². The lowest BCUT2D eigenvalue weighted by molar-refractivity contribution is -0.135. The fraction of sp³-hybridized carbons (Fsp3) is 0.400. The first kappa shape index (κ1) is 26.1. The zero-order valence-corrected chi connectivity index (χ0v) is 22.7. The standard InChI is InChI=1S/C30H32N4O6/c1-14(2)23-28-32-21(13-35)25(40-28)30-17-7-5-6-8-19(17)33-29(30)39-22-10-9-16(11-18(22)30)12-20(26(37)34-23)31-27(38)24(36)15(3)4/h5-11,13-15,20,23-24,29,33,36H,12H2,1-4H3,(H,31,38)(H,34,37)/t20-,23-,24-,29?,30-/m0/s1. The number of aliphatic hydroxyl groups is 1. The third-order valence-electron chi connectivity index (χ3n) is 8.09. The first-order valence-corrected chi connectivity index (χ1v) is 13.6. The van der Waals surface area contributed by atoms with Gasteiger partial charge in [-0.05, 0) is 35.1 Å². The van der Waals surface area contributed by atoms with Crippen LogP contribution in [-0.4, -0.2) is 46.6 Å². The van der Waals surface area contributed by atoms with E-state index in [-0.39, 0.29) is 29.8 Å². The Kier molecular flexibility index (Phi) is 6.18. The van der Waals surface area contributed by atoms with E-state index >= 15 is 0 Å². The number of hydrogen-bond donors (Lipinski definition) is 4. The predicted octanol–water partition coefficient (Wildman–Crippen LogP) is 2.84.